The molecule has 1 heterocycles. The molecule has 1 aromatic heterocycles. The normalized spacial score (nSPS) is 12.5. The maximum Gasteiger partial charge on any atom is 0.306 e. The van der Waals surface area contributed by atoms with E-state index in [1.54, 1.807) is 31.3 Å². The summed E-state index contributed by atoms with van der Waals surface area (Å²) in [7, 11) is 0. The number of hydrogen-bond donors (Lipinski definition) is 1. The monoisotopic (exact) mass is 546 g/mol. The molecule has 1 saturated carbocycles. The number of Topliss-reactive ketones (excluding diaryl/α,β-unsaturated/α-hetero) is 1. The molecule has 7 nitrogen and oxygen atoms in total. The fourth-order valence-corrected chi connectivity index (χ4v) is 4.40. The van der Waals surface area contributed by atoms with Crippen LogP contribution in [-0.4, -0.2) is 28.8 Å². The molecule has 1 aliphatic carbocycles. The molecule has 0 bridgehead atoms. The number of rotatable bonds is 11. The number of unbranched alkanes of at least 4 members (excludes halogenated alkanes) is 2. The molecule has 3 aromatic rings. The van der Waals surface area contributed by atoms with Crippen LogP contribution in [0, 0.1) is 11.8 Å². The van der Waals surface area contributed by atoms with Crippen molar-refractivity contribution in [2.45, 2.75) is 64.5 Å². The van der Waals surface area contributed by atoms with Gasteiger partial charge in [0, 0.05) is 47.6 Å². The lowest BCUT2D eigenvalue weighted by Crippen LogP contribution is -2.29. The lowest BCUT2D eigenvalue weighted by atomic mass is 10.1. The quantitative estimate of drug-likeness (QED) is 0.199. The molecule has 202 valence electrons. The van der Waals surface area contributed by atoms with Crippen molar-refractivity contribution < 1.29 is 19.1 Å². The van der Waals surface area contributed by atoms with Gasteiger partial charge in [-0.15, -0.1) is 0 Å². The third-order valence-electron chi connectivity index (χ3n) is 6.53. The third kappa shape index (κ3) is 8.05. The average Bonchev–Trinajstić information content (AvgIpc) is 3.76. The van der Waals surface area contributed by atoms with Crippen LogP contribution in [0.15, 0.2) is 53.5 Å². The minimum atomic E-state index is -0.434. The molecule has 0 radical (unpaired) electrons. The zero-order valence-corrected chi connectivity index (χ0v) is 22.7. The number of carbonyl (C=O) groups excluding carboxylic acids is 3. The topological polar surface area (TPSA) is 94.5 Å². The van der Waals surface area contributed by atoms with E-state index in [-0.39, 0.29) is 41.9 Å². The SMILES string of the molecule is CC(=O)CCCCCC(=O)OCC#Cc1ccc2c(c1)c(=O)c(C(=O)NCc1ccc(Cl)cc1)cn2C1CC1. The summed E-state index contributed by atoms with van der Waals surface area (Å²) in [5, 5.41) is 3.87. The van der Waals surface area contributed by atoms with Crippen LogP contribution in [0.3, 0.4) is 0 Å². The first-order valence-electron chi connectivity index (χ1n) is 13.2. The number of pyridine rings is 1. The van der Waals surface area contributed by atoms with E-state index in [1.165, 1.54) is 0 Å². The summed E-state index contributed by atoms with van der Waals surface area (Å²) < 4.78 is 7.18. The molecule has 1 aliphatic rings. The van der Waals surface area contributed by atoms with E-state index >= 15 is 0 Å². The van der Waals surface area contributed by atoms with Crippen molar-refractivity contribution in [1.82, 2.24) is 9.88 Å². The number of ketones is 1. The van der Waals surface area contributed by atoms with Crippen LogP contribution in [0.2, 0.25) is 5.02 Å². The Hall–Kier alpha value is -3.89. The maximum atomic E-state index is 13.3. The molecule has 39 heavy (non-hydrogen) atoms. The van der Waals surface area contributed by atoms with Gasteiger partial charge in [-0.25, -0.2) is 0 Å². The van der Waals surface area contributed by atoms with Crippen molar-refractivity contribution in [2.75, 3.05) is 6.61 Å². The number of fused-ring (bicyclic) bond motifs is 1. The molecule has 0 spiro atoms. The van der Waals surface area contributed by atoms with Crippen LogP contribution in [0.1, 0.15) is 79.4 Å². The van der Waals surface area contributed by atoms with Gasteiger partial charge in [0.05, 0.1) is 5.52 Å². The van der Waals surface area contributed by atoms with Crippen molar-refractivity contribution in [3.8, 4) is 11.8 Å². The second-order valence-corrected chi connectivity index (χ2v) is 10.2. The lowest BCUT2D eigenvalue weighted by Gasteiger charge is -2.13. The number of esters is 1. The van der Waals surface area contributed by atoms with Crippen LogP contribution in [-0.2, 0) is 20.9 Å². The summed E-state index contributed by atoms with van der Waals surface area (Å²) in [4.78, 5) is 49.2. The predicted molar refractivity (Wildman–Crippen MR) is 151 cm³/mol. The van der Waals surface area contributed by atoms with E-state index < -0.39 is 5.91 Å². The van der Waals surface area contributed by atoms with Gasteiger partial charge in [0.2, 0.25) is 5.43 Å². The number of carbonyl (C=O) groups is 3. The standard InChI is InChI=1S/C31H31ClN2O5/c1-21(35)6-3-2-4-8-29(36)39-17-5-7-22-11-16-28-26(18-22)30(37)27(20-34(28)25-14-15-25)31(38)33-19-23-9-12-24(32)13-10-23/h9-13,16,18,20,25H,2-4,6,8,14-15,17,19H2,1H3,(H,33,38). The summed E-state index contributed by atoms with van der Waals surface area (Å²) in [5.41, 5.74) is 1.97. The molecular weight excluding hydrogens is 516 g/mol. The molecule has 1 amide bonds. The molecular formula is C31H31ClN2O5. The van der Waals surface area contributed by atoms with Gasteiger partial charge in [-0.05, 0) is 68.5 Å². The minimum Gasteiger partial charge on any atom is -0.452 e. The zero-order chi connectivity index (χ0) is 27.8. The van der Waals surface area contributed by atoms with E-state index in [1.807, 2.05) is 28.8 Å². The van der Waals surface area contributed by atoms with Crippen molar-refractivity contribution in [1.29, 1.82) is 0 Å². The highest BCUT2D eigenvalue weighted by atomic mass is 35.5. The molecule has 0 atom stereocenters. The second-order valence-electron chi connectivity index (χ2n) is 9.78. The predicted octanol–water partition coefficient (Wildman–Crippen LogP) is 5.35. The van der Waals surface area contributed by atoms with E-state index in [0.29, 0.717) is 35.2 Å². The van der Waals surface area contributed by atoms with Gasteiger partial charge in [0.25, 0.3) is 5.91 Å². The van der Waals surface area contributed by atoms with E-state index in [4.69, 9.17) is 16.3 Å². The third-order valence-corrected chi connectivity index (χ3v) is 6.78. The maximum absolute atomic E-state index is 13.3. The molecule has 0 unspecified atom stereocenters. The summed E-state index contributed by atoms with van der Waals surface area (Å²) >= 11 is 5.93. The van der Waals surface area contributed by atoms with Crippen LogP contribution in [0.4, 0.5) is 0 Å². The Labute approximate surface area is 232 Å². The smallest absolute Gasteiger partial charge is 0.306 e. The molecule has 2 aromatic carbocycles. The van der Waals surface area contributed by atoms with E-state index in [0.717, 1.165) is 36.8 Å². The van der Waals surface area contributed by atoms with Crippen LogP contribution in [0.25, 0.3) is 10.9 Å². The molecule has 0 saturated heterocycles. The van der Waals surface area contributed by atoms with Crippen molar-refractivity contribution >= 4 is 40.2 Å². The number of ether oxygens (including phenoxy) is 1. The number of nitrogens with zero attached hydrogens (tertiary/aromatic N) is 1. The van der Waals surface area contributed by atoms with E-state index in [2.05, 4.69) is 17.2 Å². The van der Waals surface area contributed by atoms with Gasteiger partial charge < -0.3 is 19.4 Å². The summed E-state index contributed by atoms with van der Waals surface area (Å²) in [6, 6.07) is 12.8. The number of aromatic nitrogens is 1. The van der Waals surface area contributed by atoms with Crippen LogP contribution < -0.4 is 10.7 Å². The number of hydrogen-bond acceptors (Lipinski definition) is 5. The summed E-state index contributed by atoms with van der Waals surface area (Å²) in [5.74, 6) is 5.17. The van der Waals surface area contributed by atoms with Crippen LogP contribution in [0.5, 0.6) is 0 Å². The van der Waals surface area contributed by atoms with Crippen LogP contribution >= 0.6 is 11.6 Å². The fourth-order valence-electron chi connectivity index (χ4n) is 4.28. The number of benzene rings is 2. The summed E-state index contributed by atoms with van der Waals surface area (Å²) in [6.45, 7) is 1.79. The first-order chi connectivity index (χ1) is 18.8. The Morgan fingerprint density at radius 1 is 1.05 bits per heavy atom. The highest BCUT2D eigenvalue weighted by Crippen LogP contribution is 2.37. The van der Waals surface area contributed by atoms with Gasteiger partial charge in [-0.1, -0.05) is 42.0 Å². The zero-order valence-electron chi connectivity index (χ0n) is 21.9. The van der Waals surface area contributed by atoms with Gasteiger partial charge in [0.15, 0.2) is 6.61 Å². The average molecular weight is 547 g/mol. The van der Waals surface area contributed by atoms with Gasteiger partial charge >= 0.3 is 5.97 Å². The largest absolute Gasteiger partial charge is 0.452 e. The highest BCUT2D eigenvalue weighted by molar-refractivity contribution is 6.30. The van der Waals surface area contributed by atoms with Gasteiger partial charge in [0.1, 0.15) is 11.3 Å². The molecule has 4 rings (SSSR count). The van der Waals surface area contributed by atoms with Crippen molar-refractivity contribution in [3.05, 3.63) is 80.6 Å². The number of halogens is 1. The Balaban J connectivity index is 1.43. The van der Waals surface area contributed by atoms with Gasteiger partial charge in [-0.3, -0.25) is 14.4 Å². The highest BCUT2D eigenvalue weighted by Gasteiger charge is 2.26. The summed E-state index contributed by atoms with van der Waals surface area (Å²) in [6.07, 6.45) is 6.72. The molecule has 1 N–H and O–H groups in total. The minimum absolute atomic E-state index is 0.0518. The Bertz CT molecular complexity index is 1490. The first-order valence-corrected chi connectivity index (χ1v) is 13.5. The molecule has 0 aliphatic heterocycles. The number of amides is 1. The van der Waals surface area contributed by atoms with Gasteiger partial charge in [-0.2, -0.15) is 0 Å². The first kappa shape index (κ1) is 28.1. The van der Waals surface area contributed by atoms with E-state index in [9.17, 15) is 19.2 Å². The number of nitrogens with one attached hydrogen (secondary N) is 1. The Kier molecular flexibility index (Phi) is 9.56. The molecule has 1 fully saturated rings. The molecule has 8 heteroatoms. The van der Waals surface area contributed by atoms with Crippen molar-refractivity contribution in [3.63, 3.8) is 0 Å². The Morgan fingerprint density at radius 3 is 2.51 bits per heavy atom. The second kappa shape index (κ2) is 13.3. The fraction of sp³-hybridized carbons (Fsp3) is 0.355. The Morgan fingerprint density at radius 2 is 1.79 bits per heavy atom. The lowest BCUT2D eigenvalue weighted by molar-refractivity contribution is -0.142. The van der Waals surface area contributed by atoms with Crippen molar-refractivity contribution in [2.24, 2.45) is 0 Å².